The standard InChI is InChI=1S/C18H22F3N5O2/c1-10-9-13-15(11(2)28-10)22-23-16(13)17(27)25-6-3-12(4-7-25)26-8-5-14(24-26)18(19,20)21/h5,8,10-12H,3-4,6-7,9H2,1-2H3,(H,22,23)/t10-,11+/m1/s1. The van der Waals surface area contributed by atoms with Crippen molar-refractivity contribution in [3.63, 3.8) is 0 Å². The maximum absolute atomic E-state index is 13.0. The van der Waals surface area contributed by atoms with Gasteiger partial charge in [0, 0.05) is 31.3 Å². The number of halogens is 3. The van der Waals surface area contributed by atoms with Crippen LogP contribution in [0.4, 0.5) is 13.2 Å². The van der Waals surface area contributed by atoms with E-state index < -0.39 is 11.9 Å². The van der Waals surface area contributed by atoms with Crippen LogP contribution < -0.4 is 0 Å². The third kappa shape index (κ3) is 3.41. The molecule has 0 radical (unpaired) electrons. The number of carbonyl (C=O) groups is 1. The predicted molar refractivity (Wildman–Crippen MR) is 92.7 cm³/mol. The molecule has 28 heavy (non-hydrogen) atoms. The van der Waals surface area contributed by atoms with Crippen molar-refractivity contribution >= 4 is 5.91 Å². The molecule has 0 bridgehead atoms. The monoisotopic (exact) mass is 397 g/mol. The Bertz CT molecular complexity index is 867. The molecule has 0 aromatic carbocycles. The van der Waals surface area contributed by atoms with E-state index in [-0.39, 0.29) is 24.2 Å². The summed E-state index contributed by atoms with van der Waals surface area (Å²) in [5, 5.41) is 10.8. The van der Waals surface area contributed by atoms with Crippen molar-refractivity contribution in [3.05, 3.63) is 34.9 Å². The third-order valence-electron chi connectivity index (χ3n) is 5.46. The topological polar surface area (TPSA) is 76.0 Å². The van der Waals surface area contributed by atoms with Crippen LogP contribution in [0.3, 0.4) is 0 Å². The lowest BCUT2D eigenvalue weighted by Crippen LogP contribution is -2.40. The lowest BCUT2D eigenvalue weighted by Gasteiger charge is -2.32. The minimum Gasteiger partial charge on any atom is -0.369 e. The average molecular weight is 397 g/mol. The van der Waals surface area contributed by atoms with Crippen LogP contribution in [0.25, 0.3) is 0 Å². The second-order valence-corrected chi connectivity index (χ2v) is 7.46. The van der Waals surface area contributed by atoms with Gasteiger partial charge in [-0.2, -0.15) is 23.4 Å². The van der Waals surface area contributed by atoms with Crippen LogP contribution in [0.5, 0.6) is 0 Å². The molecule has 4 rings (SSSR count). The molecule has 10 heteroatoms. The summed E-state index contributed by atoms with van der Waals surface area (Å²) in [5.74, 6) is -0.145. The number of hydrogen-bond acceptors (Lipinski definition) is 4. The molecular weight excluding hydrogens is 375 g/mol. The van der Waals surface area contributed by atoms with E-state index in [2.05, 4.69) is 15.3 Å². The van der Waals surface area contributed by atoms with E-state index in [9.17, 15) is 18.0 Å². The van der Waals surface area contributed by atoms with Gasteiger partial charge in [-0.05, 0) is 32.8 Å². The van der Waals surface area contributed by atoms with Crippen LogP contribution in [-0.2, 0) is 17.3 Å². The van der Waals surface area contributed by atoms with Crippen LogP contribution in [0, 0.1) is 0 Å². The molecule has 1 saturated heterocycles. The normalized spacial score (nSPS) is 23.7. The number of alkyl halides is 3. The molecule has 152 valence electrons. The summed E-state index contributed by atoms with van der Waals surface area (Å²) in [4.78, 5) is 14.7. The number of amides is 1. The van der Waals surface area contributed by atoms with Crippen molar-refractivity contribution in [2.75, 3.05) is 13.1 Å². The highest BCUT2D eigenvalue weighted by atomic mass is 19.4. The fraction of sp³-hybridized carbons (Fsp3) is 0.611. The number of piperidine rings is 1. The molecule has 4 heterocycles. The molecule has 2 aromatic heterocycles. The van der Waals surface area contributed by atoms with E-state index in [1.54, 1.807) is 4.90 Å². The van der Waals surface area contributed by atoms with Gasteiger partial charge in [0.25, 0.3) is 5.91 Å². The number of rotatable bonds is 2. The SMILES string of the molecule is C[C@@H]1Cc2c(C(=O)N3CCC(n4ccc(C(F)(F)F)n4)CC3)n[nH]c2[C@H](C)O1. The van der Waals surface area contributed by atoms with E-state index in [0.29, 0.717) is 38.0 Å². The molecule has 0 saturated carbocycles. The number of hydrogen-bond donors (Lipinski definition) is 1. The lowest BCUT2D eigenvalue weighted by molar-refractivity contribution is -0.141. The van der Waals surface area contributed by atoms with Gasteiger partial charge in [-0.25, -0.2) is 0 Å². The summed E-state index contributed by atoms with van der Waals surface area (Å²) in [6, 6.07) is 0.833. The highest BCUT2D eigenvalue weighted by Crippen LogP contribution is 2.32. The molecule has 2 aliphatic rings. The quantitative estimate of drug-likeness (QED) is 0.845. The molecule has 2 atom stereocenters. The van der Waals surface area contributed by atoms with Gasteiger partial charge in [0.2, 0.25) is 0 Å². The van der Waals surface area contributed by atoms with Crippen LogP contribution in [0.2, 0.25) is 0 Å². The van der Waals surface area contributed by atoms with Crippen LogP contribution in [0.15, 0.2) is 12.3 Å². The molecule has 0 spiro atoms. The number of carbonyl (C=O) groups excluding carboxylic acids is 1. The Hall–Kier alpha value is -2.36. The van der Waals surface area contributed by atoms with E-state index in [4.69, 9.17) is 4.74 Å². The summed E-state index contributed by atoms with van der Waals surface area (Å²) in [7, 11) is 0. The average Bonchev–Trinajstić information content (AvgIpc) is 3.28. The zero-order chi connectivity index (χ0) is 20.1. The van der Waals surface area contributed by atoms with E-state index in [1.807, 2.05) is 13.8 Å². The molecule has 1 amide bonds. The van der Waals surface area contributed by atoms with Crippen molar-refractivity contribution in [1.82, 2.24) is 24.9 Å². The van der Waals surface area contributed by atoms with Crippen molar-refractivity contribution < 1.29 is 22.7 Å². The Balaban J connectivity index is 1.43. The predicted octanol–water partition coefficient (Wildman–Crippen LogP) is 3.12. The second kappa shape index (κ2) is 6.91. The Kier molecular flexibility index (Phi) is 4.68. The van der Waals surface area contributed by atoms with E-state index in [0.717, 1.165) is 17.3 Å². The van der Waals surface area contributed by atoms with Crippen LogP contribution >= 0.6 is 0 Å². The summed E-state index contributed by atoms with van der Waals surface area (Å²) in [5.41, 5.74) is 1.28. The molecule has 7 nitrogen and oxygen atoms in total. The molecule has 2 aliphatic heterocycles. The van der Waals surface area contributed by atoms with Gasteiger partial charge in [-0.3, -0.25) is 14.6 Å². The molecule has 0 unspecified atom stereocenters. The maximum Gasteiger partial charge on any atom is 0.435 e. The maximum atomic E-state index is 13.0. The van der Waals surface area contributed by atoms with E-state index >= 15 is 0 Å². The fourth-order valence-electron chi connectivity index (χ4n) is 4.03. The van der Waals surface area contributed by atoms with Gasteiger partial charge in [-0.1, -0.05) is 0 Å². The zero-order valence-electron chi connectivity index (χ0n) is 15.7. The Morgan fingerprint density at radius 2 is 2.00 bits per heavy atom. The molecule has 0 aliphatic carbocycles. The third-order valence-corrected chi connectivity index (χ3v) is 5.46. The van der Waals surface area contributed by atoms with Gasteiger partial charge in [0.1, 0.15) is 0 Å². The van der Waals surface area contributed by atoms with Gasteiger partial charge in [0.15, 0.2) is 11.4 Å². The minimum absolute atomic E-state index is 0.0139. The lowest BCUT2D eigenvalue weighted by atomic mass is 9.98. The van der Waals surface area contributed by atoms with Gasteiger partial charge >= 0.3 is 6.18 Å². The minimum atomic E-state index is -4.45. The zero-order valence-corrected chi connectivity index (χ0v) is 15.7. The summed E-state index contributed by atoms with van der Waals surface area (Å²) >= 11 is 0. The Labute approximate surface area is 159 Å². The molecular formula is C18H22F3N5O2. The Morgan fingerprint density at radius 1 is 1.29 bits per heavy atom. The number of H-pyrrole nitrogens is 1. The first-order valence-corrected chi connectivity index (χ1v) is 9.38. The van der Waals surface area contributed by atoms with Crippen molar-refractivity contribution in [3.8, 4) is 0 Å². The van der Waals surface area contributed by atoms with Gasteiger partial charge in [-0.15, -0.1) is 0 Å². The highest BCUT2D eigenvalue weighted by Gasteiger charge is 2.36. The van der Waals surface area contributed by atoms with Crippen molar-refractivity contribution in [1.29, 1.82) is 0 Å². The molecule has 2 aromatic rings. The van der Waals surface area contributed by atoms with Gasteiger partial charge in [0.05, 0.1) is 23.9 Å². The number of likely N-dealkylation sites (tertiary alicyclic amines) is 1. The van der Waals surface area contributed by atoms with Crippen LogP contribution in [-0.4, -0.2) is 50.0 Å². The van der Waals surface area contributed by atoms with E-state index in [1.165, 1.54) is 10.9 Å². The van der Waals surface area contributed by atoms with Crippen LogP contribution in [0.1, 0.15) is 66.3 Å². The highest BCUT2D eigenvalue weighted by molar-refractivity contribution is 5.94. The number of aromatic amines is 1. The summed E-state index contributed by atoms with van der Waals surface area (Å²) < 4.78 is 45.3. The van der Waals surface area contributed by atoms with Crippen molar-refractivity contribution in [2.24, 2.45) is 0 Å². The van der Waals surface area contributed by atoms with Gasteiger partial charge < -0.3 is 9.64 Å². The molecule has 1 fully saturated rings. The number of fused-ring (bicyclic) bond motifs is 1. The first-order valence-electron chi connectivity index (χ1n) is 9.38. The number of aromatic nitrogens is 4. The number of nitrogens with one attached hydrogen (secondary N) is 1. The Morgan fingerprint density at radius 3 is 2.64 bits per heavy atom. The second-order valence-electron chi connectivity index (χ2n) is 7.46. The molecule has 1 N–H and O–H groups in total. The number of nitrogens with zero attached hydrogens (tertiary/aromatic N) is 4. The summed E-state index contributed by atoms with van der Waals surface area (Å²) in [6.45, 7) is 4.79. The number of ether oxygens (including phenoxy) is 1. The fourth-order valence-corrected chi connectivity index (χ4v) is 4.03. The first-order chi connectivity index (χ1) is 13.2. The largest absolute Gasteiger partial charge is 0.435 e. The van der Waals surface area contributed by atoms with Crippen molar-refractivity contribution in [2.45, 2.75) is 57.5 Å². The smallest absolute Gasteiger partial charge is 0.369 e. The summed E-state index contributed by atoms with van der Waals surface area (Å²) in [6.07, 6.45) is -1.49. The first kappa shape index (κ1) is 19.0.